The topological polar surface area (TPSA) is 26.3 Å². The maximum absolute atomic E-state index is 10.9. The van der Waals surface area contributed by atoms with Crippen molar-refractivity contribution in [1.29, 1.82) is 0 Å². The van der Waals surface area contributed by atoms with Gasteiger partial charge in [0.25, 0.3) is 0 Å². The smallest absolute Gasteiger partial charge is 0.306 e. The summed E-state index contributed by atoms with van der Waals surface area (Å²) in [4.78, 5) is 10.9. The zero-order chi connectivity index (χ0) is 7.84. The summed E-state index contributed by atoms with van der Waals surface area (Å²) in [5, 5.41) is 0. The van der Waals surface area contributed by atoms with Crippen molar-refractivity contribution in [3.63, 3.8) is 0 Å². The van der Waals surface area contributed by atoms with Crippen LogP contribution in [-0.2, 0) is 9.53 Å². The summed E-state index contributed by atoms with van der Waals surface area (Å²) >= 11 is 0. The van der Waals surface area contributed by atoms with Gasteiger partial charge in [-0.15, -0.1) is 0 Å². The van der Waals surface area contributed by atoms with Crippen molar-refractivity contribution in [2.75, 3.05) is 0 Å². The Hall–Kier alpha value is -0.530. The fraction of sp³-hybridized carbons (Fsp3) is 0.889. The second kappa shape index (κ2) is 2.50. The van der Waals surface area contributed by atoms with E-state index in [-0.39, 0.29) is 12.1 Å². The quantitative estimate of drug-likeness (QED) is 0.497. The lowest BCUT2D eigenvalue weighted by Gasteiger charge is -2.27. The standard InChI is InChI=1S/C9H14O2/c1-6-2-3-7-5-9(10)11-8(7)4-6/h6-8H,2-5H2,1H3/t6-,7+,8+/m1/s1. The Balaban J connectivity index is 2.02. The average Bonchev–Trinajstić information content (AvgIpc) is 2.27. The molecule has 0 spiro atoms. The van der Waals surface area contributed by atoms with Gasteiger partial charge >= 0.3 is 5.97 Å². The van der Waals surface area contributed by atoms with E-state index in [9.17, 15) is 4.79 Å². The molecule has 0 amide bonds. The third-order valence-corrected chi connectivity index (χ3v) is 2.90. The zero-order valence-corrected chi connectivity index (χ0v) is 6.88. The van der Waals surface area contributed by atoms with Gasteiger partial charge in [-0.25, -0.2) is 0 Å². The number of rotatable bonds is 0. The first-order valence-electron chi connectivity index (χ1n) is 4.45. The van der Waals surface area contributed by atoms with Gasteiger partial charge in [-0.05, 0) is 18.8 Å². The van der Waals surface area contributed by atoms with Crippen molar-refractivity contribution >= 4 is 5.97 Å². The van der Waals surface area contributed by atoms with Gasteiger partial charge in [-0.3, -0.25) is 4.79 Å². The second-order valence-corrected chi connectivity index (χ2v) is 3.91. The number of carbonyl (C=O) groups excluding carboxylic acids is 1. The summed E-state index contributed by atoms with van der Waals surface area (Å²) in [5.74, 6) is 1.33. The van der Waals surface area contributed by atoms with Crippen molar-refractivity contribution in [3.05, 3.63) is 0 Å². The molecule has 0 aromatic carbocycles. The van der Waals surface area contributed by atoms with E-state index in [4.69, 9.17) is 4.74 Å². The third kappa shape index (κ3) is 1.26. The first kappa shape index (κ1) is 7.14. The molecule has 0 aromatic rings. The van der Waals surface area contributed by atoms with E-state index in [0.29, 0.717) is 12.3 Å². The highest BCUT2D eigenvalue weighted by Crippen LogP contribution is 2.37. The molecule has 2 aliphatic rings. The van der Waals surface area contributed by atoms with Crippen LogP contribution in [0.25, 0.3) is 0 Å². The van der Waals surface area contributed by atoms with Gasteiger partial charge < -0.3 is 4.74 Å². The van der Waals surface area contributed by atoms with Crippen LogP contribution in [0.5, 0.6) is 0 Å². The normalized spacial score (nSPS) is 43.4. The van der Waals surface area contributed by atoms with Crippen molar-refractivity contribution < 1.29 is 9.53 Å². The largest absolute Gasteiger partial charge is 0.462 e. The summed E-state index contributed by atoms with van der Waals surface area (Å²) in [6.07, 6.45) is 4.51. The molecular formula is C9H14O2. The molecule has 0 aromatic heterocycles. The van der Waals surface area contributed by atoms with Gasteiger partial charge in [-0.1, -0.05) is 13.3 Å². The monoisotopic (exact) mass is 154 g/mol. The van der Waals surface area contributed by atoms with E-state index in [1.54, 1.807) is 0 Å². The Labute approximate surface area is 66.9 Å². The number of esters is 1. The molecule has 0 N–H and O–H groups in total. The fourth-order valence-electron chi connectivity index (χ4n) is 2.20. The SMILES string of the molecule is C[C@@H]1CC[C@H]2CC(=O)O[C@H]2C1. The lowest BCUT2D eigenvalue weighted by molar-refractivity contribution is -0.142. The second-order valence-electron chi connectivity index (χ2n) is 3.91. The Morgan fingerprint density at radius 1 is 1.45 bits per heavy atom. The molecule has 1 saturated carbocycles. The van der Waals surface area contributed by atoms with Gasteiger partial charge in [0.1, 0.15) is 6.10 Å². The molecule has 3 atom stereocenters. The van der Waals surface area contributed by atoms with Crippen LogP contribution in [0, 0.1) is 11.8 Å². The molecule has 1 heterocycles. The molecule has 0 unspecified atom stereocenters. The van der Waals surface area contributed by atoms with Crippen LogP contribution in [0.4, 0.5) is 0 Å². The molecule has 2 fully saturated rings. The summed E-state index contributed by atoms with van der Waals surface area (Å²) in [5.41, 5.74) is 0. The Morgan fingerprint density at radius 2 is 2.27 bits per heavy atom. The first-order chi connectivity index (χ1) is 5.25. The van der Waals surface area contributed by atoms with Gasteiger partial charge in [0.15, 0.2) is 0 Å². The van der Waals surface area contributed by atoms with Crippen LogP contribution in [0.15, 0.2) is 0 Å². The van der Waals surface area contributed by atoms with Gasteiger partial charge in [0.2, 0.25) is 0 Å². The highest BCUT2D eigenvalue weighted by atomic mass is 16.5. The van der Waals surface area contributed by atoms with Crippen molar-refractivity contribution in [2.45, 2.75) is 38.7 Å². The summed E-state index contributed by atoms with van der Waals surface area (Å²) < 4.78 is 5.20. The highest BCUT2D eigenvalue weighted by molar-refractivity contribution is 5.72. The molecule has 2 rings (SSSR count). The molecule has 11 heavy (non-hydrogen) atoms. The predicted molar refractivity (Wildman–Crippen MR) is 41.0 cm³/mol. The number of hydrogen-bond donors (Lipinski definition) is 0. The van der Waals surface area contributed by atoms with Gasteiger partial charge in [-0.2, -0.15) is 0 Å². The van der Waals surface area contributed by atoms with E-state index in [1.165, 1.54) is 12.8 Å². The minimum atomic E-state index is 0.0223. The third-order valence-electron chi connectivity index (χ3n) is 2.90. The van der Waals surface area contributed by atoms with Crippen LogP contribution in [0.1, 0.15) is 32.6 Å². The summed E-state index contributed by atoms with van der Waals surface area (Å²) in [6.45, 7) is 2.24. The highest BCUT2D eigenvalue weighted by Gasteiger charge is 2.38. The first-order valence-corrected chi connectivity index (χ1v) is 4.45. The number of carbonyl (C=O) groups is 1. The molecule has 1 saturated heterocycles. The van der Waals surface area contributed by atoms with Crippen LogP contribution in [0.3, 0.4) is 0 Å². The summed E-state index contributed by atoms with van der Waals surface area (Å²) in [7, 11) is 0. The van der Waals surface area contributed by atoms with Crippen molar-refractivity contribution in [3.8, 4) is 0 Å². The maximum atomic E-state index is 10.9. The predicted octanol–water partition coefficient (Wildman–Crippen LogP) is 1.74. The average molecular weight is 154 g/mol. The fourth-order valence-corrected chi connectivity index (χ4v) is 2.20. The van der Waals surface area contributed by atoms with E-state index >= 15 is 0 Å². The van der Waals surface area contributed by atoms with E-state index in [1.807, 2.05) is 0 Å². The summed E-state index contributed by atoms with van der Waals surface area (Å²) in [6, 6.07) is 0. The van der Waals surface area contributed by atoms with Crippen LogP contribution >= 0.6 is 0 Å². The molecule has 62 valence electrons. The number of hydrogen-bond acceptors (Lipinski definition) is 2. The molecule has 0 radical (unpaired) electrons. The molecule has 0 bridgehead atoms. The van der Waals surface area contributed by atoms with Crippen molar-refractivity contribution in [1.82, 2.24) is 0 Å². The number of fused-ring (bicyclic) bond motifs is 1. The minimum Gasteiger partial charge on any atom is -0.462 e. The van der Waals surface area contributed by atoms with E-state index < -0.39 is 0 Å². The Bertz CT molecular complexity index is 176. The van der Waals surface area contributed by atoms with Crippen LogP contribution in [-0.4, -0.2) is 12.1 Å². The molecule has 1 aliphatic heterocycles. The Kier molecular flexibility index (Phi) is 1.63. The van der Waals surface area contributed by atoms with E-state index in [0.717, 1.165) is 12.3 Å². The van der Waals surface area contributed by atoms with Crippen molar-refractivity contribution in [2.24, 2.45) is 11.8 Å². The lowest BCUT2D eigenvalue weighted by atomic mass is 9.81. The van der Waals surface area contributed by atoms with Gasteiger partial charge in [0.05, 0.1) is 6.42 Å². The molecule has 1 aliphatic carbocycles. The van der Waals surface area contributed by atoms with E-state index in [2.05, 4.69) is 6.92 Å². The Morgan fingerprint density at radius 3 is 3.09 bits per heavy atom. The lowest BCUT2D eigenvalue weighted by Crippen LogP contribution is -2.24. The maximum Gasteiger partial charge on any atom is 0.306 e. The van der Waals surface area contributed by atoms with Gasteiger partial charge in [0, 0.05) is 5.92 Å². The molecule has 2 nitrogen and oxygen atoms in total. The molecular weight excluding hydrogens is 140 g/mol. The van der Waals surface area contributed by atoms with Crippen LogP contribution < -0.4 is 0 Å². The van der Waals surface area contributed by atoms with Crippen LogP contribution in [0.2, 0.25) is 0 Å². The molecule has 2 heteroatoms. The number of ether oxygens (including phenoxy) is 1. The zero-order valence-electron chi connectivity index (χ0n) is 6.88. The minimum absolute atomic E-state index is 0.0223.